The largest absolute Gasteiger partial charge is 0.369 e. The number of aryl methyl sites for hydroxylation is 1. The number of hydrogen-bond donors (Lipinski definition) is 1. The van der Waals surface area contributed by atoms with Gasteiger partial charge in [-0.2, -0.15) is 0 Å². The van der Waals surface area contributed by atoms with Crippen molar-refractivity contribution >= 4 is 5.69 Å². The first kappa shape index (κ1) is 12.0. The Morgan fingerprint density at radius 3 is 2.83 bits per heavy atom. The van der Waals surface area contributed by atoms with Crippen LogP contribution >= 0.6 is 0 Å². The average Bonchev–Trinajstić information content (AvgIpc) is 3.18. The second kappa shape index (κ2) is 4.58. The molecule has 18 heavy (non-hydrogen) atoms. The Morgan fingerprint density at radius 1 is 1.33 bits per heavy atom. The van der Waals surface area contributed by atoms with Crippen molar-refractivity contribution in [3.63, 3.8) is 0 Å². The quantitative estimate of drug-likeness (QED) is 0.860. The maximum atomic E-state index is 3.69. The molecule has 1 aromatic carbocycles. The lowest BCUT2D eigenvalue weighted by Gasteiger charge is -2.29. The van der Waals surface area contributed by atoms with Crippen molar-refractivity contribution in [2.75, 3.05) is 24.5 Å². The molecule has 1 saturated heterocycles. The van der Waals surface area contributed by atoms with Crippen LogP contribution in [-0.2, 0) is 6.42 Å². The van der Waals surface area contributed by atoms with Crippen molar-refractivity contribution in [1.29, 1.82) is 0 Å². The minimum atomic E-state index is 0.575. The van der Waals surface area contributed by atoms with E-state index in [9.17, 15) is 0 Å². The summed E-state index contributed by atoms with van der Waals surface area (Å²) in [4.78, 5) is 2.62. The number of nitrogens with one attached hydrogen (secondary N) is 1. The van der Waals surface area contributed by atoms with Gasteiger partial charge in [-0.15, -0.1) is 0 Å². The molecule has 0 amide bonds. The van der Waals surface area contributed by atoms with Crippen LogP contribution in [0.1, 0.15) is 32.3 Å². The number of anilines is 1. The van der Waals surface area contributed by atoms with Crippen LogP contribution in [0.5, 0.6) is 0 Å². The van der Waals surface area contributed by atoms with Gasteiger partial charge in [0.05, 0.1) is 0 Å². The van der Waals surface area contributed by atoms with Crippen molar-refractivity contribution in [2.24, 2.45) is 5.41 Å². The molecular formula is C16H24N2. The summed E-state index contributed by atoms with van der Waals surface area (Å²) in [5, 5.41) is 3.69. The van der Waals surface area contributed by atoms with Gasteiger partial charge in [0.2, 0.25) is 0 Å². The van der Waals surface area contributed by atoms with Crippen LogP contribution in [0.25, 0.3) is 0 Å². The Balaban J connectivity index is 1.88. The molecular weight excluding hydrogens is 220 g/mol. The number of hydrogen-bond acceptors (Lipinski definition) is 2. The maximum absolute atomic E-state index is 3.69. The summed E-state index contributed by atoms with van der Waals surface area (Å²) in [6.07, 6.45) is 3.93. The zero-order chi connectivity index (χ0) is 12.6. The molecule has 1 aliphatic carbocycles. The summed E-state index contributed by atoms with van der Waals surface area (Å²) in [6, 6.07) is 9.51. The Hall–Kier alpha value is -1.02. The highest BCUT2D eigenvalue weighted by atomic mass is 15.2. The van der Waals surface area contributed by atoms with E-state index in [1.165, 1.54) is 37.2 Å². The van der Waals surface area contributed by atoms with Crippen LogP contribution in [-0.4, -0.2) is 25.7 Å². The first-order chi connectivity index (χ1) is 8.72. The van der Waals surface area contributed by atoms with Gasteiger partial charge in [-0.1, -0.05) is 25.1 Å². The molecule has 1 aliphatic heterocycles. The molecule has 1 spiro atoms. The van der Waals surface area contributed by atoms with E-state index in [1.807, 2.05) is 0 Å². The molecule has 0 radical (unpaired) electrons. The highest BCUT2D eigenvalue weighted by Crippen LogP contribution is 2.47. The minimum Gasteiger partial charge on any atom is -0.369 e. The van der Waals surface area contributed by atoms with Crippen molar-refractivity contribution in [2.45, 2.75) is 39.2 Å². The molecule has 1 unspecified atom stereocenters. The Bertz CT molecular complexity index is 423. The molecule has 2 heteroatoms. The molecule has 2 fully saturated rings. The van der Waals surface area contributed by atoms with Gasteiger partial charge in [0, 0.05) is 36.8 Å². The predicted octanol–water partition coefficient (Wildman–Crippen LogP) is 2.83. The maximum Gasteiger partial charge on any atom is 0.0399 e. The smallest absolute Gasteiger partial charge is 0.0399 e. The van der Waals surface area contributed by atoms with E-state index in [2.05, 4.69) is 48.3 Å². The van der Waals surface area contributed by atoms with Crippen molar-refractivity contribution < 1.29 is 0 Å². The van der Waals surface area contributed by atoms with E-state index >= 15 is 0 Å². The molecule has 1 saturated carbocycles. The summed E-state index contributed by atoms with van der Waals surface area (Å²) < 4.78 is 0. The predicted molar refractivity (Wildman–Crippen MR) is 77.2 cm³/mol. The van der Waals surface area contributed by atoms with Gasteiger partial charge in [0.1, 0.15) is 0 Å². The molecule has 98 valence electrons. The normalized spacial score (nSPS) is 26.1. The van der Waals surface area contributed by atoms with Crippen LogP contribution in [0.2, 0.25) is 0 Å². The second-order valence-corrected chi connectivity index (χ2v) is 6.14. The number of benzene rings is 1. The van der Waals surface area contributed by atoms with Crippen LogP contribution in [0.4, 0.5) is 5.69 Å². The summed E-state index contributed by atoms with van der Waals surface area (Å²) in [7, 11) is 0. The van der Waals surface area contributed by atoms with Gasteiger partial charge in [0.15, 0.2) is 0 Å². The van der Waals surface area contributed by atoms with Gasteiger partial charge in [-0.25, -0.2) is 0 Å². The van der Waals surface area contributed by atoms with Gasteiger partial charge >= 0.3 is 0 Å². The van der Waals surface area contributed by atoms with E-state index < -0.39 is 0 Å². The molecule has 1 atom stereocenters. The Morgan fingerprint density at radius 2 is 2.11 bits per heavy atom. The molecule has 3 rings (SSSR count). The third-order valence-corrected chi connectivity index (χ3v) is 4.52. The van der Waals surface area contributed by atoms with Gasteiger partial charge in [-0.3, -0.25) is 0 Å². The highest BCUT2D eigenvalue weighted by molar-refractivity contribution is 5.54. The molecule has 1 heterocycles. The third-order valence-electron chi connectivity index (χ3n) is 4.52. The number of rotatable bonds is 2. The molecule has 1 N–H and O–H groups in total. The fourth-order valence-corrected chi connectivity index (χ4v) is 3.12. The Kier molecular flexibility index (Phi) is 3.06. The van der Waals surface area contributed by atoms with Crippen molar-refractivity contribution in [1.82, 2.24) is 5.32 Å². The fraction of sp³-hybridized carbons (Fsp3) is 0.625. The highest BCUT2D eigenvalue weighted by Gasteiger charge is 2.45. The lowest BCUT2D eigenvalue weighted by Crippen LogP contribution is -2.35. The lowest BCUT2D eigenvalue weighted by atomic mass is 10.0. The fourth-order valence-electron chi connectivity index (χ4n) is 3.12. The Labute approximate surface area is 110 Å². The first-order valence-electron chi connectivity index (χ1n) is 7.29. The SMILES string of the molecule is CCc1ccccc1N1CC(C)NCC2(CC2)C1. The summed E-state index contributed by atoms with van der Waals surface area (Å²) >= 11 is 0. The van der Waals surface area contributed by atoms with Crippen LogP contribution in [0, 0.1) is 5.41 Å². The van der Waals surface area contributed by atoms with Gasteiger partial charge < -0.3 is 10.2 Å². The van der Waals surface area contributed by atoms with E-state index in [4.69, 9.17) is 0 Å². The van der Waals surface area contributed by atoms with Gasteiger partial charge in [-0.05, 0) is 37.8 Å². The topological polar surface area (TPSA) is 15.3 Å². The molecule has 2 aliphatic rings. The molecule has 1 aromatic rings. The van der Waals surface area contributed by atoms with Crippen molar-refractivity contribution in [3.8, 4) is 0 Å². The number of nitrogens with zero attached hydrogens (tertiary/aromatic N) is 1. The zero-order valence-corrected chi connectivity index (χ0v) is 11.6. The van der Waals surface area contributed by atoms with Crippen LogP contribution in [0.15, 0.2) is 24.3 Å². The summed E-state index contributed by atoms with van der Waals surface area (Å²) in [5.41, 5.74) is 3.52. The summed E-state index contributed by atoms with van der Waals surface area (Å²) in [6.45, 7) is 8.15. The standard InChI is InChI=1S/C16H24N2/c1-3-14-6-4-5-7-15(14)18-10-13(2)17-11-16(12-18)8-9-16/h4-7,13,17H,3,8-12H2,1-2H3. The van der Waals surface area contributed by atoms with Crippen LogP contribution < -0.4 is 10.2 Å². The van der Waals surface area contributed by atoms with Crippen molar-refractivity contribution in [3.05, 3.63) is 29.8 Å². The molecule has 0 aromatic heterocycles. The molecule has 2 nitrogen and oxygen atoms in total. The first-order valence-corrected chi connectivity index (χ1v) is 7.29. The second-order valence-electron chi connectivity index (χ2n) is 6.14. The van der Waals surface area contributed by atoms with Gasteiger partial charge in [0.25, 0.3) is 0 Å². The monoisotopic (exact) mass is 244 g/mol. The third kappa shape index (κ3) is 2.26. The van der Waals surface area contributed by atoms with E-state index in [1.54, 1.807) is 0 Å². The van der Waals surface area contributed by atoms with E-state index in [0.717, 1.165) is 13.0 Å². The van der Waals surface area contributed by atoms with E-state index in [-0.39, 0.29) is 0 Å². The van der Waals surface area contributed by atoms with E-state index in [0.29, 0.717) is 11.5 Å². The summed E-state index contributed by atoms with van der Waals surface area (Å²) in [5.74, 6) is 0. The lowest BCUT2D eigenvalue weighted by molar-refractivity contribution is 0.479. The average molecular weight is 244 g/mol. The minimum absolute atomic E-state index is 0.575. The number of para-hydroxylation sites is 1. The van der Waals surface area contributed by atoms with Crippen LogP contribution in [0.3, 0.4) is 0 Å². The molecule has 0 bridgehead atoms. The zero-order valence-electron chi connectivity index (χ0n) is 11.6.